The Bertz CT molecular complexity index is 951. The van der Waals surface area contributed by atoms with Gasteiger partial charge in [-0.2, -0.15) is 0 Å². The fourth-order valence-corrected chi connectivity index (χ4v) is 3.64. The summed E-state index contributed by atoms with van der Waals surface area (Å²) in [6.45, 7) is 8.29. The monoisotopic (exact) mass is 490 g/mol. The summed E-state index contributed by atoms with van der Waals surface area (Å²) in [5.41, 5.74) is 0.257. The first kappa shape index (κ1) is 27.0. The number of aromatic hydroxyl groups is 2. The molecule has 0 spiro atoms. The van der Waals surface area contributed by atoms with Crippen LogP contribution in [-0.2, 0) is 20.8 Å². The number of nitrogens with zero attached hydrogens (tertiary/aromatic N) is 2. The molecule has 1 aliphatic rings. The molecule has 0 aliphatic carbocycles. The molecule has 2 rings (SSSR count). The van der Waals surface area contributed by atoms with Crippen LogP contribution >= 0.6 is 11.6 Å². The molecule has 9 heteroatoms. The molecule has 1 aromatic rings. The van der Waals surface area contributed by atoms with Gasteiger partial charge in [-0.15, -0.1) is 6.58 Å². The minimum atomic E-state index is -0.828. The Morgan fingerprint density at radius 1 is 1.12 bits per heavy atom. The molecule has 0 atom stereocenters. The van der Waals surface area contributed by atoms with E-state index in [1.807, 2.05) is 6.08 Å². The zero-order valence-electron chi connectivity index (χ0n) is 19.2. The third kappa shape index (κ3) is 7.95. The van der Waals surface area contributed by atoms with E-state index in [1.54, 1.807) is 17.1 Å². The molecule has 1 amide bonds. The van der Waals surface area contributed by atoms with Gasteiger partial charge in [0.25, 0.3) is 5.91 Å². The summed E-state index contributed by atoms with van der Waals surface area (Å²) in [5.74, 6) is -1.86. The predicted octanol–water partition coefficient (Wildman–Crippen LogP) is 4.54. The summed E-state index contributed by atoms with van der Waals surface area (Å²) >= 11 is 6.28. The highest BCUT2D eigenvalue weighted by atomic mass is 35.5. The number of likely N-dealkylation sites (tertiary alicyclic amines) is 1. The third-order valence-corrected chi connectivity index (χ3v) is 5.56. The normalized spacial score (nSPS) is 14.1. The fourth-order valence-electron chi connectivity index (χ4n) is 3.43. The standard InChI is InChI=1S/C25H31ClN2O6/c1-3-5-6-8-11-18(27-34-17-22(31)28-12-9-7-10-13-28)15-19-23(25(32)33-14-4-2)20(29)16-21(30)24(19)26/h3-4,8,11,16,29-30H,1-2,5-7,9-10,12-15,17H2/b11-8+,27-18+. The van der Waals surface area contributed by atoms with E-state index < -0.39 is 17.5 Å². The molecule has 1 saturated heterocycles. The van der Waals surface area contributed by atoms with E-state index in [2.05, 4.69) is 18.3 Å². The molecule has 0 saturated carbocycles. The van der Waals surface area contributed by atoms with Crippen LogP contribution in [0.25, 0.3) is 0 Å². The number of phenolic OH excluding ortho intramolecular Hbond substituents is 2. The van der Waals surface area contributed by atoms with Gasteiger partial charge in [0.2, 0.25) is 0 Å². The van der Waals surface area contributed by atoms with Crippen LogP contribution in [0.15, 0.2) is 48.7 Å². The minimum Gasteiger partial charge on any atom is -0.507 e. The summed E-state index contributed by atoms with van der Waals surface area (Å²) in [6.07, 6.45) is 11.1. The van der Waals surface area contributed by atoms with Crippen molar-refractivity contribution in [3.8, 4) is 11.5 Å². The van der Waals surface area contributed by atoms with E-state index >= 15 is 0 Å². The molecule has 0 radical (unpaired) electrons. The SMILES string of the molecule is C=CCC/C=C/C(Cc1c(Cl)c(O)cc(O)c1C(=O)OCC=C)=N\OCC(=O)N1CCCCC1. The highest BCUT2D eigenvalue weighted by molar-refractivity contribution is 6.33. The molecule has 0 aromatic heterocycles. The van der Waals surface area contributed by atoms with Crippen molar-refractivity contribution in [2.75, 3.05) is 26.3 Å². The first-order valence-electron chi connectivity index (χ1n) is 11.1. The third-order valence-electron chi connectivity index (χ3n) is 5.14. The van der Waals surface area contributed by atoms with Crippen molar-refractivity contribution in [1.29, 1.82) is 0 Å². The average molecular weight is 491 g/mol. The smallest absolute Gasteiger partial charge is 0.342 e. The highest BCUT2D eigenvalue weighted by Gasteiger charge is 2.24. The van der Waals surface area contributed by atoms with Crippen molar-refractivity contribution in [1.82, 2.24) is 4.90 Å². The van der Waals surface area contributed by atoms with Crippen LogP contribution in [0.4, 0.5) is 0 Å². The number of oxime groups is 1. The Morgan fingerprint density at radius 3 is 2.53 bits per heavy atom. The van der Waals surface area contributed by atoms with Gasteiger partial charge in [0, 0.05) is 25.6 Å². The molecule has 2 N–H and O–H groups in total. The van der Waals surface area contributed by atoms with Gasteiger partial charge in [-0.05, 0) is 43.7 Å². The van der Waals surface area contributed by atoms with E-state index in [4.69, 9.17) is 21.2 Å². The minimum absolute atomic E-state index is 0.0676. The lowest BCUT2D eigenvalue weighted by atomic mass is 9.99. The molecular weight excluding hydrogens is 460 g/mol. The van der Waals surface area contributed by atoms with Crippen molar-refractivity contribution in [2.24, 2.45) is 5.16 Å². The van der Waals surface area contributed by atoms with Crippen molar-refractivity contribution < 1.29 is 29.4 Å². The largest absolute Gasteiger partial charge is 0.507 e. The first-order chi connectivity index (χ1) is 16.4. The van der Waals surface area contributed by atoms with Gasteiger partial charge < -0.3 is 24.7 Å². The number of allylic oxidation sites excluding steroid dienone is 3. The van der Waals surface area contributed by atoms with Crippen LogP contribution in [0.2, 0.25) is 5.02 Å². The van der Waals surface area contributed by atoms with Gasteiger partial charge in [0.1, 0.15) is 23.7 Å². The molecule has 1 heterocycles. The molecule has 0 unspecified atom stereocenters. The van der Waals surface area contributed by atoms with Gasteiger partial charge in [-0.25, -0.2) is 4.79 Å². The molecule has 34 heavy (non-hydrogen) atoms. The van der Waals surface area contributed by atoms with E-state index in [0.717, 1.165) is 31.7 Å². The van der Waals surface area contributed by atoms with Crippen molar-refractivity contribution in [3.05, 3.63) is 59.7 Å². The predicted molar refractivity (Wildman–Crippen MR) is 131 cm³/mol. The lowest BCUT2D eigenvalue weighted by Crippen LogP contribution is -2.37. The molecule has 0 bridgehead atoms. The Kier molecular flexibility index (Phi) is 11.2. The fraction of sp³-hybridized carbons (Fsp3) is 0.400. The van der Waals surface area contributed by atoms with Crippen molar-refractivity contribution in [2.45, 2.75) is 38.5 Å². The number of carbonyl (C=O) groups excluding carboxylic acids is 2. The number of hydrogen-bond donors (Lipinski definition) is 2. The number of phenols is 2. The van der Waals surface area contributed by atoms with Crippen molar-refractivity contribution in [3.63, 3.8) is 0 Å². The number of piperidine rings is 1. The Hall–Kier alpha value is -3.26. The quantitative estimate of drug-likeness (QED) is 0.146. The number of amides is 1. The summed E-state index contributed by atoms with van der Waals surface area (Å²) in [4.78, 5) is 32.0. The molecule has 8 nitrogen and oxygen atoms in total. The summed E-state index contributed by atoms with van der Waals surface area (Å²) in [6, 6.07) is 0.973. The van der Waals surface area contributed by atoms with Crippen LogP contribution in [0.5, 0.6) is 11.5 Å². The van der Waals surface area contributed by atoms with Gasteiger partial charge >= 0.3 is 5.97 Å². The second-order valence-corrected chi connectivity index (χ2v) is 8.09. The Labute approximate surface area is 204 Å². The van der Waals surface area contributed by atoms with Gasteiger partial charge in [-0.1, -0.05) is 41.6 Å². The molecule has 1 fully saturated rings. The number of ether oxygens (including phenoxy) is 1. The number of carbonyl (C=O) groups is 2. The van der Waals surface area contributed by atoms with Crippen molar-refractivity contribution >= 4 is 29.2 Å². The molecule has 1 aromatic carbocycles. The van der Waals surface area contributed by atoms with E-state index in [1.165, 1.54) is 6.08 Å². The number of halogens is 1. The van der Waals surface area contributed by atoms with E-state index in [0.29, 0.717) is 25.2 Å². The van der Waals surface area contributed by atoms with Crippen LogP contribution in [-0.4, -0.2) is 59.0 Å². The second kappa shape index (κ2) is 14.1. The first-order valence-corrected chi connectivity index (χ1v) is 11.5. The number of hydrogen-bond acceptors (Lipinski definition) is 7. The zero-order valence-corrected chi connectivity index (χ0v) is 19.9. The maximum Gasteiger partial charge on any atom is 0.342 e. The number of rotatable bonds is 12. The Balaban J connectivity index is 2.28. The van der Waals surface area contributed by atoms with Crippen LogP contribution in [0.3, 0.4) is 0 Å². The lowest BCUT2D eigenvalue weighted by molar-refractivity contribution is -0.137. The topological polar surface area (TPSA) is 109 Å². The van der Waals surface area contributed by atoms with Gasteiger partial charge in [0.15, 0.2) is 6.61 Å². The summed E-state index contributed by atoms with van der Waals surface area (Å²) < 4.78 is 5.06. The number of benzene rings is 1. The van der Waals surface area contributed by atoms with E-state index in [-0.39, 0.29) is 41.7 Å². The number of esters is 1. The van der Waals surface area contributed by atoms with Crippen LogP contribution < -0.4 is 0 Å². The molecule has 1 aliphatic heterocycles. The lowest BCUT2D eigenvalue weighted by Gasteiger charge is -2.26. The summed E-state index contributed by atoms with van der Waals surface area (Å²) in [7, 11) is 0. The number of unbranched alkanes of at least 4 members (excludes halogenated alkanes) is 1. The van der Waals surface area contributed by atoms with E-state index in [9.17, 15) is 19.8 Å². The molecule has 184 valence electrons. The van der Waals surface area contributed by atoms with Gasteiger partial charge in [0.05, 0.1) is 10.7 Å². The van der Waals surface area contributed by atoms with Crippen LogP contribution in [0.1, 0.15) is 48.0 Å². The van der Waals surface area contributed by atoms with Crippen LogP contribution in [0, 0.1) is 0 Å². The maximum atomic E-state index is 12.5. The zero-order chi connectivity index (χ0) is 24.9. The maximum absolute atomic E-state index is 12.5. The molecular formula is C25H31ClN2O6. The Morgan fingerprint density at radius 2 is 1.85 bits per heavy atom. The van der Waals surface area contributed by atoms with Gasteiger partial charge in [-0.3, -0.25) is 4.79 Å². The second-order valence-electron chi connectivity index (χ2n) is 7.71. The average Bonchev–Trinajstić information content (AvgIpc) is 2.83. The summed E-state index contributed by atoms with van der Waals surface area (Å²) in [5, 5.41) is 24.4. The highest BCUT2D eigenvalue weighted by Crippen LogP contribution is 2.37.